The largest absolute Gasteiger partial charge is 0.493 e. The van der Waals surface area contributed by atoms with Crippen LogP contribution in [-0.2, 0) is 16.1 Å². The van der Waals surface area contributed by atoms with Crippen molar-refractivity contribution in [3.63, 3.8) is 0 Å². The van der Waals surface area contributed by atoms with Gasteiger partial charge in [-0.05, 0) is 6.07 Å². The second-order valence-electron chi connectivity index (χ2n) is 5.15. The van der Waals surface area contributed by atoms with E-state index in [0.29, 0.717) is 31.3 Å². The Morgan fingerprint density at radius 1 is 1.38 bits per heavy atom. The average Bonchev–Trinajstić information content (AvgIpc) is 2.92. The molecule has 1 aromatic carbocycles. The fraction of sp³-hybridized carbons (Fsp3) is 0.533. The lowest BCUT2D eigenvalue weighted by atomic mass is 10.0. The van der Waals surface area contributed by atoms with Crippen molar-refractivity contribution in [3.8, 4) is 11.5 Å². The molecule has 116 valence electrons. The van der Waals surface area contributed by atoms with E-state index in [0.717, 1.165) is 5.56 Å². The highest BCUT2D eigenvalue weighted by molar-refractivity contribution is 5.80. The molecule has 1 fully saturated rings. The van der Waals surface area contributed by atoms with Gasteiger partial charge in [-0.25, -0.2) is 0 Å². The molecule has 1 saturated heterocycles. The Labute approximate surface area is 124 Å². The van der Waals surface area contributed by atoms with Crippen LogP contribution >= 0.6 is 0 Å². The lowest BCUT2D eigenvalue weighted by Gasteiger charge is -2.23. The molecule has 2 N–H and O–H groups in total. The number of hydrogen-bond acceptors (Lipinski definition) is 5. The number of para-hydroxylation sites is 1. The highest BCUT2D eigenvalue weighted by Gasteiger charge is 2.33. The Balaban J connectivity index is 2.12. The van der Waals surface area contributed by atoms with E-state index >= 15 is 0 Å². The molecule has 6 nitrogen and oxygen atoms in total. The van der Waals surface area contributed by atoms with Gasteiger partial charge in [-0.15, -0.1) is 0 Å². The molecule has 0 bridgehead atoms. The van der Waals surface area contributed by atoms with Crippen molar-refractivity contribution in [1.82, 2.24) is 4.90 Å². The number of amides is 1. The minimum atomic E-state index is -0.272. The summed E-state index contributed by atoms with van der Waals surface area (Å²) in [7, 11) is 4.93. The first-order valence-electron chi connectivity index (χ1n) is 6.86. The SMILES string of the molecule is COc1cccc(CN(C)C(=O)C2COCC2N)c1OC. The first-order valence-corrected chi connectivity index (χ1v) is 6.86. The summed E-state index contributed by atoms with van der Waals surface area (Å²) in [5.41, 5.74) is 6.78. The molecule has 1 amide bonds. The van der Waals surface area contributed by atoms with Gasteiger partial charge in [0.25, 0.3) is 0 Å². The van der Waals surface area contributed by atoms with Crippen molar-refractivity contribution >= 4 is 5.91 Å². The maximum atomic E-state index is 12.4. The van der Waals surface area contributed by atoms with Gasteiger partial charge >= 0.3 is 0 Å². The summed E-state index contributed by atoms with van der Waals surface area (Å²) in [6, 6.07) is 5.38. The number of rotatable bonds is 5. The topological polar surface area (TPSA) is 74.0 Å². The monoisotopic (exact) mass is 294 g/mol. The second-order valence-corrected chi connectivity index (χ2v) is 5.15. The number of nitrogens with two attached hydrogens (primary N) is 1. The molecule has 0 radical (unpaired) electrons. The molecule has 2 atom stereocenters. The smallest absolute Gasteiger partial charge is 0.229 e. The Kier molecular flexibility index (Phi) is 5.03. The van der Waals surface area contributed by atoms with E-state index < -0.39 is 0 Å². The predicted molar refractivity (Wildman–Crippen MR) is 78.3 cm³/mol. The molecule has 0 aliphatic carbocycles. The van der Waals surface area contributed by atoms with Crippen molar-refractivity contribution in [3.05, 3.63) is 23.8 Å². The number of carbonyl (C=O) groups excluding carboxylic acids is 1. The summed E-state index contributed by atoms with van der Waals surface area (Å²) in [6.45, 7) is 1.26. The van der Waals surface area contributed by atoms with E-state index in [-0.39, 0.29) is 17.9 Å². The third-order valence-electron chi connectivity index (χ3n) is 3.71. The zero-order chi connectivity index (χ0) is 15.4. The molecule has 1 aromatic rings. The maximum Gasteiger partial charge on any atom is 0.229 e. The molecule has 2 unspecified atom stereocenters. The van der Waals surface area contributed by atoms with Crippen molar-refractivity contribution < 1.29 is 19.0 Å². The highest BCUT2D eigenvalue weighted by atomic mass is 16.5. The number of methoxy groups -OCH3 is 2. The van der Waals surface area contributed by atoms with Crippen LogP contribution in [0.15, 0.2) is 18.2 Å². The van der Waals surface area contributed by atoms with E-state index in [1.54, 1.807) is 26.2 Å². The first kappa shape index (κ1) is 15.6. The molecule has 0 spiro atoms. The average molecular weight is 294 g/mol. The van der Waals surface area contributed by atoms with Crippen LogP contribution in [0, 0.1) is 5.92 Å². The fourth-order valence-corrected chi connectivity index (χ4v) is 2.52. The lowest BCUT2D eigenvalue weighted by Crippen LogP contribution is -2.41. The minimum Gasteiger partial charge on any atom is -0.493 e. The summed E-state index contributed by atoms with van der Waals surface area (Å²) in [5, 5.41) is 0. The second kappa shape index (κ2) is 6.78. The van der Waals surface area contributed by atoms with Crippen molar-refractivity contribution in [2.24, 2.45) is 11.7 Å². The molecule has 21 heavy (non-hydrogen) atoms. The van der Waals surface area contributed by atoms with E-state index in [2.05, 4.69) is 0 Å². The van der Waals surface area contributed by atoms with Gasteiger partial charge in [0.1, 0.15) is 0 Å². The van der Waals surface area contributed by atoms with Gasteiger partial charge in [0.2, 0.25) is 5.91 Å². The van der Waals surface area contributed by atoms with E-state index in [4.69, 9.17) is 19.9 Å². The first-order chi connectivity index (χ1) is 10.1. The zero-order valence-electron chi connectivity index (χ0n) is 12.7. The van der Waals surface area contributed by atoms with E-state index in [1.165, 1.54) is 0 Å². The van der Waals surface area contributed by atoms with Crippen molar-refractivity contribution in [2.75, 3.05) is 34.5 Å². The van der Waals surface area contributed by atoms with Crippen LogP contribution in [0.25, 0.3) is 0 Å². The molecule has 6 heteroatoms. The summed E-state index contributed by atoms with van der Waals surface area (Å²) >= 11 is 0. The molecule has 1 heterocycles. The third kappa shape index (κ3) is 3.28. The number of carbonyl (C=O) groups is 1. The Bertz CT molecular complexity index is 506. The van der Waals surface area contributed by atoms with Gasteiger partial charge in [0.15, 0.2) is 11.5 Å². The van der Waals surface area contributed by atoms with Crippen LogP contribution in [0.4, 0.5) is 0 Å². The normalized spacial score (nSPS) is 21.1. The third-order valence-corrected chi connectivity index (χ3v) is 3.71. The Morgan fingerprint density at radius 2 is 2.14 bits per heavy atom. The summed E-state index contributed by atoms with van der Waals surface area (Å²) in [5.74, 6) is 1.01. The van der Waals surface area contributed by atoms with Crippen LogP contribution in [-0.4, -0.2) is 51.3 Å². The summed E-state index contributed by atoms with van der Waals surface area (Å²) in [6.07, 6.45) is 0. The molecule has 0 saturated carbocycles. The van der Waals surface area contributed by atoms with Gasteiger partial charge in [0, 0.05) is 25.2 Å². The van der Waals surface area contributed by atoms with Crippen molar-refractivity contribution in [2.45, 2.75) is 12.6 Å². The van der Waals surface area contributed by atoms with E-state index in [9.17, 15) is 4.79 Å². The molecule has 1 aliphatic heterocycles. The predicted octanol–water partition coefficient (Wildman–Crippen LogP) is 0.636. The summed E-state index contributed by atoms with van der Waals surface area (Å²) < 4.78 is 15.9. The highest BCUT2D eigenvalue weighted by Crippen LogP contribution is 2.31. The zero-order valence-corrected chi connectivity index (χ0v) is 12.7. The summed E-state index contributed by atoms with van der Waals surface area (Å²) in [4.78, 5) is 14.1. The van der Waals surface area contributed by atoms with Crippen LogP contribution in [0.3, 0.4) is 0 Å². The van der Waals surface area contributed by atoms with Gasteiger partial charge in [-0.2, -0.15) is 0 Å². The van der Waals surface area contributed by atoms with Gasteiger partial charge < -0.3 is 24.8 Å². The van der Waals surface area contributed by atoms with Crippen LogP contribution in [0.2, 0.25) is 0 Å². The van der Waals surface area contributed by atoms with Gasteiger partial charge in [-0.3, -0.25) is 4.79 Å². The quantitative estimate of drug-likeness (QED) is 0.862. The number of benzene rings is 1. The number of hydrogen-bond donors (Lipinski definition) is 1. The maximum absolute atomic E-state index is 12.4. The van der Waals surface area contributed by atoms with Gasteiger partial charge in [0.05, 0.1) is 33.4 Å². The standard InChI is InChI=1S/C15H22N2O4/c1-17(15(18)11-8-21-9-12(11)16)7-10-5-4-6-13(19-2)14(10)20-3/h4-6,11-12H,7-9,16H2,1-3H3. The van der Waals surface area contributed by atoms with Crippen LogP contribution in [0.5, 0.6) is 11.5 Å². The van der Waals surface area contributed by atoms with Crippen LogP contribution in [0.1, 0.15) is 5.56 Å². The van der Waals surface area contributed by atoms with Crippen molar-refractivity contribution in [1.29, 1.82) is 0 Å². The van der Waals surface area contributed by atoms with Gasteiger partial charge in [-0.1, -0.05) is 12.1 Å². The minimum absolute atomic E-state index is 0.00938. The molecule has 1 aliphatic rings. The van der Waals surface area contributed by atoms with Crippen LogP contribution < -0.4 is 15.2 Å². The Morgan fingerprint density at radius 3 is 2.71 bits per heavy atom. The number of ether oxygens (including phenoxy) is 3. The van der Waals surface area contributed by atoms with E-state index in [1.807, 2.05) is 18.2 Å². The number of nitrogens with zero attached hydrogens (tertiary/aromatic N) is 1. The fourth-order valence-electron chi connectivity index (χ4n) is 2.52. The molecular weight excluding hydrogens is 272 g/mol. The lowest BCUT2D eigenvalue weighted by molar-refractivity contribution is -0.135. The Hall–Kier alpha value is -1.79. The molecule has 2 rings (SSSR count). The molecule has 0 aromatic heterocycles. The molecular formula is C15H22N2O4.